The molecule has 0 saturated carbocycles. The second-order valence-corrected chi connectivity index (χ2v) is 6.36. The first-order valence-electron chi connectivity index (χ1n) is 9.07. The first-order valence-corrected chi connectivity index (χ1v) is 9.07. The van der Waals surface area contributed by atoms with Crippen molar-refractivity contribution in [2.75, 3.05) is 5.32 Å². The summed E-state index contributed by atoms with van der Waals surface area (Å²) in [6.45, 7) is 3.83. The molecule has 0 bridgehead atoms. The van der Waals surface area contributed by atoms with Gasteiger partial charge < -0.3 is 10.1 Å². The number of rotatable bonds is 6. The Kier molecular flexibility index (Phi) is 6.11. The van der Waals surface area contributed by atoms with Crippen molar-refractivity contribution in [1.82, 2.24) is 9.97 Å². The Bertz CT molecular complexity index is 939. The maximum absolute atomic E-state index is 12.3. The van der Waals surface area contributed by atoms with Crippen LogP contribution in [0.25, 0.3) is 11.4 Å². The van der Waals surface area contributed by atoms with E-state index < -0.39 is 5.97 Å². The van der Waals surface area contributed by atoms with Crippen molar-refractivity contribution >= 4 is 17.6 Å². The topological polar surface area (TPSA) is 81.2 Å². The average molecular weight is 375 g/mol. The second kappa shape index (κ2) is 8.90. The summed E-state index contributed by atoms with van der Waals surface area (Å²) in [7, 11) is 0. The van der Waals surface area contributed by atoms with Crippen LogP contribution in [-0.4, -0.2) is 21.8 Å². The van der Waals surface area contributed by atoms with Gasteiger partial charge in [-0.3, -0.25) is 4.79 Å². The third-order valence-corrected chi connectivity index (χ3v) is 4.34. The lowest BCUT2D eigenvalue weighted by molar-refractivity contribution is -0.119. The zero-order chi connectivity index (χ0) is 19.9. The Balaban J connectivity index is 1.62. The van der Waals surface area contributed by atoms with Crippen molar-refractivity contribution in [3.63, 3.8) is 0 Å². The van der Waals surface area contributed by atoms with Crippen LogP contribution in [0.5, 0.6) is 5.75 Å². The molecule has 0 aliphatic carbocycles. The predicted molar refractivity (Wildman–Crippen MR) is 107 cm³/mol. The summed E-state index contributed by atoms with van der Waals surface area (Å²) in [6, 6.07) is 15.4. The lowest BCUT2D eigenvalue weighted by atomic mass is 10.1. The molecule has 6 heteroatoms. The van der Waals surface area contributed by atoms with Gasteiger partial charge in [-0.25, -0.2) is 14.8 Å². The number of ether oxygens (including phenoxy) is 1. The van der Waals surface area contributed by atoms with Crippen LogP contribution in [0, 0.1) is 5.92 Å². The van der Waals surface area contributed by atoms with E-state index in [1.54, 1.807) is 67.0 Å². The Morgan fingerprint density at radius 2 is 1.64 bits per heavy atom. The highest BCUT2D eigenvalue weighted by atomic mass is 16.5. The standard InChI is InChI=1S/C22H21N3O3/c1-3-15(2)21(26)25-18-9-5-17(6-10-18)22(27)28-19-11-7-16(8-12-19)20-23-13-4-14-24-20/h4-15H,3H2,1-2H3,(H,25,26). The summed E-state index contributed by atoms with van der Waals surface area (Å²) in [5.41, 5.74) is 1.88. The van der Waals surface area contributed by atoms with E-state index in [-0.39, 0.29) is 11.8 Å². The highest BCUT2D eigenvalue weighted by Gasteiger charge is 2.12. The molecule has 0 aliphatic heterocycles. The van der Waals surface area contributed by atoms with E-state index in [4.69, 9.17) is 4.74 Å². The van der Waals surface area contributed by atoms with Crippen LogP contribution in [0.3, 0.4) is 0 Å². The molecule has 1 heterocycles. The summed E-state index contributed by atoms with van der Waals surface area (Å²) in [4.78, 5) is 32.6. The Labute approximate surface area is 163 Å². The van der Waals surface area contributed by atoms with E-state index in [9.17, 15) is 9.59 Å². The van der Waals surface area contributed by atoms with Gasteiger partial charge in [-0.1, -0.05) is 13.8 Å². The number of anilines is 1. The summed E-state index contributed by atoms with van der Waals surface area (Å²) in [6.07, 6.45) is 4.11. The molecule has 3 aromatic rings. The Morgan fingerprint density at radius 3 is 2.25 bits per heavy atom. The minimum atomic E-state index is -0.469. The van der Waals surface area contributed by atoms with E-state index in [2.05, 4.69) is 15.3 Å². The first-order chi connectivity index (χ1) is 13.6. The second-order valence-electron chi connectivity index (χ2n) is 6.36. The van der Waals surface area contributed by atoms with Crippen molar-refractivity contribution in [3.05, 3.63) is 72.6 Å². The van der Waals surface area contributed by atoms with Gasteiger partial charge in [0.2, 0.25) is 5.91 Å². The molecule has 0 aliphatic rings. The van der Waals surface area contributed by atoms with Crippen LogP contribution >= 0.6 is 0 Å². The number of nitrogens with one attached hydrogen (secondary N) is 1. The predicted octanol–water partition coefficient (Wildman–Crippen LogP) is 4.35. The zero-order valence-corrected chi connectivity index (χ0v) is 15.8. The lowest BCUT2D eigenvalue weighted by Gasteiger charge is -2.10. The molecular formula is C22H21N3O3. The number of amides is 1. The summed E-state index contributed by atoms with van der Waals surface area (Å²) in [5, 5.41) is 2.83. The molecule has 0 fully saturated rings. The average Bonchev–Trinajstić information content (AvgIpc) is 2.74. The van der Waals surface area contributed by atoms with E-state index in [0.29, 0.717) is 22.8 Å². The maximum atomic E-state index is 12.3. The fraction of sp³-hybridized carbons (Fsp3) is 0.182. The molecule has 6 nitrogen and oxygen atoms in total. The normalized spacial score (nSPS) is 11.5. The van der Waals surface area contributed by atoms with Crippen LogP contribution < -0.4 is 10.1 Å². The summed E-state index contributed by atoms with van der Waals surface area (Å²) >= 11 is 0. The molecule has 1 aromatic heterocycles. The van der Waals surface area contributed by atoms with Gasteiger partial charge in [-0.2, -0.15) is 0 Å². The molecule has 1 atom stereocenters. The largest absolute Gasteiger partial charge is 0.423 e. The van der Waals surface area contributed by atoms with Crippen molar-refractivity contribution in [3.8, 4) is 17.1 Å². The number of hydrogen-bond donors (Lipinski definition) is 1. The highest BCUT2D eigenvalue weighted by Crippen LogP contribution is 2.20. The molecule has 0 saturated heterocycles. The number of esters is 1. The van der Waals surface area contributed by atoms with Crippen LogP contribution in [0.4, 0.5) is 5.69 Å². The molecule has 28 heavy (non-hydrogen) atoms. The summed E-state index contributed by atoms with van der Waals surface area (Å²) < 4.78 is 5.40. The Hall–Kier alpha value is -3.54. The first kappa shape index (κ1) is 19.2. The van der Waals surface area contributed by atoms with Gasteiger partial charge in [-0.15, -0.1) is 0 Å². The number of aromatic nitrogens is 2. The molecule has 2 aromatic carbocycles. The number of hydrogen-bond acceptors (Lipinski definition) is 5. The van der Waals surface area contributed by atoms with Crippen LogP contribution in [0.1, 0.15) is 30.6 Å². The lowest BCUT2D eigenvalue weighted by Crippen LogP contribution is -2.19. The van der Waals surface area contributed by atoms with Crippen molar-refractivity contribution in [2.45, 2.75) is 20.3 Å². The number of benzene rings is 2. The van der Waals surface area contributed by atoms with E-state index in [1.807, 2.05) is 13.8 Å². The van der Waals surface area contributed by atoms with E-state index in [0.717, 1.165) is 12.0 Å². The SMILES string of the molecule is CCC(C)C(=O)Nc1ccc(C(=O)Oc2ccc(-c3ncccn3)cc2)cc1. The monoisotopic (exact) mass is 375 g/mol. The molecule has 1 N–H and O–H groups in total. The maximum Gasteiger partial charge on any atom is 0.343 e. The van der Waals surface area contributed by atoms with Gasteiger partial charge in [0.05, 0.1) is 5.56 Å². The van der Waals surface area contributed by atoms with Crippen molar-refractivity contribution in [2.24, 2.45) is 5.92 Å². The van der Waals surface area contributed by atoms with Crippen molar-refractivity contribution < 1.29 is 14.3 Å². The van der Waals surface area contributed by atoms with Crippen molar-refractivity contribution in [1.29, 1.82) is 0 Å². The quantitative estimate of drug-likeness (QED) is 0.512. The van der Waals surface area contributed by atoms with Gasteiger partial charge >= 0.3 is 5.97 Å². The van der Waals surface area contributed by atoms with Gasteiger partial charge in [-0.05, 0) is 61.0 Å². The number of carbonyl (C=O) groups is 2. The number of carbonyl (C=O) groups excluding carboxylic acids is 2. The molecule has 0 spiro atoms. The van der Waals surface area contributed by atoms with Gasteiger partial charge in [0.25, 0.3) is 0 Å². The zero-order valence-electron chi connectivity index (χ0n) is 15.8. The van der Waals surface area contributed by atoms with Gasteiger partial charge in [0.15, 0.2) is 5.82 Å². The van der Waals surface area contributed by atoms with E-state index >= 15 is 0 Å². The highest BCUT2D eigenvalue weighted by molar-refractivity contribution is 5.94. The fourth-order valence-corrected chi connectivity index (χ4v) is 2.43. The van der Waals surface area contributed by atoms with Crippen LogP contribution in [0.15, 0.2) is 67.0 Å². The third kappa shape index (κ3) is 4.79. The van der Waals surface area contributed by atoms with Crippen LogP contribution in [-0.2, 0) is 4.79 Å². The third-order valence-electron chi connectivity index (χ3n) is 4.34. The van der Waals surface area contributed by atoms with Crippen LogP contribution in [0.2, 0.25) is 0 Å². The summed E-state index contributed by atoms with van der Waals surface area (Å²) in [5.74, 6) is 0.465. The van der Waals surface area contributed by atoms with Gasteiger partial charge in [0.1, 0.15) is 5.75 Å². The molecule has 1 unspecified atom stereocenters. The molecule has 3 rings (SSSR count). The molecule has 142 valence electrons. The Morgan fingerprint density at radius 1 is 1.00 bits per heavy atom. The van der Waals surface area contributed by atoms with E-state index in [1.165, 1.54) is 0 Å². The molecule has 0 radical (unpaired) electrons. The fourth-order valence-electron chi connectivity index (χ4n) is 2.43. The number of nitrogens with zero attached hydrogens (tertiary/aromatic N) is 2. The minimum absolute atomic E-state index is 0.0414. The molecule has 1 amide bonds. The minimum Gasteiger partial charge on any atom is -0.423 e. The smallest absolute Gasteiger partial charge is 0.343 e. The van der Waals surface area contributed by atoms with Gasteiger partial charge in [0, 0.05) is 29.6 Å². The molecular weight excluding hydrogens is 354 g/mol.